The van der Waals surface area contributed by atoms with E-state index in [1.165, 1.54) is 22.7 Å². The molecule has 4 nitrogen and oxygen atoms in total. The van der Waals surface area contributed by atoms with E-state index < -0.39 is 12.1 Å². The molecule has 2 rings (SSSR count). The summed E-state index contributed by atoms with van der Waals surface area (Å²) in [6.45, 7) is 5.88. The van der Waals surface area contributed by atoms with Gasteiger partial charge in [-0.05, 0) is 48.5 Å². The van der Waals surface area contributed by atoms with Crippen molar-refractivity contribution in [3.05, 3.63) is 44.8 Å². The molecule has 0 aromatic carbocycles. The number of rotatable bonds is 6. The van der Waals surface area contributed by atoms with E-state index in [1.807, 2.05) is 31.5 Å². The Morgan fingerprint density at radius 1 is 1.32 bits per heavy atom. The molecule has 0 radical (unpaired) electrons. The van der Waals surface area contributed by atoms with Crippen LogP contribution in [-0.4, -0.2) is 17.4 Å². The van der Waals surface area contributed by atoms with Crippen molar-refractivity contribution in [3.63, 3.8) is 0 Å². The van der Waals surface area contributed by atoms with Crippen LogP contribution in [0.5, 0.6) is 0 Å². The van der Waals surface area contributed by atoms with Gasteiger partial charge in [-0.2, -0.15) is 11.3 Å². The van der Waals surface area contributed by atoms with Crippen LogP contribution in [0.4, 0.5) is 0 Å². The fourth-order valence-corrected chi connectivity index (χ4v) is 3.02. The van der Waals surface area contributed by atoms with Gasteiger partial charge >= 0.3 is 5.97 Å². The second kappa shape index (κ2) is 7.07. The van der Waals surface area contributed by atoms with Gasteiger partial charge in [-0.1, -0.05) is 13.0 Å². The molecule has 2 heterocycles. The van der Waals surface area contributed by atoms with Crippen molar-refractivity contribution in [2.45, 2.75) is 38.8 Å². The van der Waals surface area contributed by atoms with Crippen LogP contribution in [-0.2, 0) is 9.53 Å². The third kappa shape index (κ3) is 4.18. The van der Waals surface area contributed by atoms with Gasteiger partial charge in [0.1, 0.15) is 4.88 Å². The van der Waals surface area contributed by atoms with Gasteiger partial charge in [-0.25, -0.2) is 4.79 Å². The lowest BCUT2D eigenvalue weighted by Crippen LogP contribution is -2.45. The van der Waals surface area contributed by atoms with Crippen molar-refractivity contribution in [2.75, 3.05) is 0 Å². The third-order valence-electron chi connectivity index (χ3n) is 3.38. The number of amides is 1. The molecular weight excluding hydrogens is 318 g/mol. The molecule has 2 aromatic rings. The smallest absolute Gasteiger partial charge is 0.349 e. The average molecular weight is 337 g/mol. The van der Waals surface area contributed by atoms with Crippen LogP contribution in [0.15, 0.2) is 34.3 Å². The Balaban J connectivity index is 2.17. The first-order valence-electron chi connectivity index (χ1n) is 7.01. The van der Waals surface area contributed by atoms with Crippen LogP contribution in [0.1, 0.15) is 48.5 Å². The van der Waals surface area contributed by atoms with Crippen LogP contribution in [0.3, 0.4) is 0 Å². The number of esters is 1. The van der Waals surface area contributed by atoms with E-state index in [9.17, 15) is 9.59 Å². The number of ether oxygens (including phenoxy) is 1. The van der Waals surface area contributed by atoms with E-state index in [1.54, 1.807) is 23.6 Å². The maximum absolute atomic E-state index is 12.5. The van der Waals surface area contributed by atoms with Crippen LogP contribution >= 0.6 is 22.7 Å². The molecule has 0 aliphatic rings. The lowest BCUT2D eigenvalue weighted by atomic mass is 10.0. The second-order valence-corrected chi connectivity index (χ2v) is 7.27. The largest absolute Gasteiger partial charge is 0.443 e. The molecule has 2 aromatic heterocycles. The Morgan fingerprint density at radius 2 is 2.09 bits per heavy atom. The quantitative estimate of drug-likeness (QED) is 0.810. The molecule has 1 N–H and O–H groups in total. The highest BCUT2D eigenvalue weighted by atomic mass is 32.1. The summed E-state index contributed by atoms with van der Waals surface area (Å²) in [4.78, 5) is 25.2. The zero-order chi connectivity index (χ0) is 16.2. The number of hydrogen-bond acceptors (Lipinski definition) is 5. The fourth-order valence-electron chi connectivity index (χ4n) is 1.74. The van der Waals surface area contributed by atoms with Crippen LogP contribution in [0, 0.1) is 0 Å². The summed E-state index contributed by atoms with van der Waals surface area (Å²) in [5, 5.41) is 8.42. The number of carbonyl (C=O) groups is 2. The van der Waals surface area contributed by atoms with Gasteiger partial charge in [-0.3, -0.25) is 4.79 Å². The number of carbonyl (C=O) groups excluding carboxylic acids is 2. The van der Waals surface area contributed by atoms with Gasteiger partial charge in [0.15, 0.2) is 0 Å². The third-order valence-corrected chi connectivity index (χ3v) is 4.93. The van der Waals surface area contributed by atoms with Crippen molar-refractivity contribution < 1.29 is 14.3 Å². The topological polar surface area (TPSA) is 55.4 Å². The summed E-state index contributed by atoms with van der Waals surface area (Å²) < 4.78 is 5.46. The van der Waals surface area contributed by atoms with Crippen LogP contribution < -0.4 is 5.32 Å². The molecule has 118 valence electrons. The van der Waals surface area contributed by atoms with Crippen LogP contribution in [0.2, 0.25) is 0 Å². The van der Waals surface area contributed by atoms with Crippen molar-refractivity contribution >= 4 is 34.6 Å². The molecule has 22 heavy (non-hydrogen) atoms. The molecule has 1 unspecified atom stereocenters. The molecule has 0 spiro atoms. The number of thiophene rings is 2. The van der Waals surface area contributed by atoms with E-state index in [4.69, 9.17) is 4.74 Å². The average Bonchev–Trinajstić information content (AvgIpc) is 3.16. The van der Waals surface area contributed by atoms with E-state index in [2.05, 4.69) is 5.32 Å². The molecule has 0 saturated carbocycles. The van der Waals surface area contributed by atoms with E-state index in [-0.39, 0.29) is 11.4 Å². The number of nitrogens with one attached hydrogen (secondary N) is 1. The normalized spacial score (nSPS) is 12.7. The molecule has 0 aliphatic heterocycles. The van der Waals surface area contributed by atoms with Gasteiger partial charge in [-0.15, -0.1) is 11.3 Å². The van der Waals surface area contributed by atoms with Crippen molar-refractivity contribution in [2.24, 2.45) is 0 Å². The lowest BCUT2D eigenvalue weighted by Gasteiger charge is -2.27. The fraction of sp³-hybridized carbons (Fsp3) is 0.375. The molecule has 0 fully saturated rings. The zero-order valence-corrected chi connectivity index (χ0v) is 14.4. The van der Waals surface area contributed by atoms with Gasteiger partial charge in [0, 0.05) is 11.1 Å². The molecule has 1 atom stereocenters. The van der Waals surface area contributed by atoms with E-state index in [0.717, 1.165) is 6.42 Å². The molecule has 1 amide bonds. The predicted molar refractivity (Wildman–Crippen MR) is 89.3 cm³/mol. The first-order valence-corrected chi connectivity index (χ1v) is 8.84. The minimum atomic E-state index is -0.924. The van der Waals surface area contributed by atoms with Gasteiger partial charge in [0.05, 0.1) is 0 Å². The van der Waals surface area contributed by atoms with Crippen molar-refractivity contribution in [3.8, 4) is 0 Å². The maximum atomic E-state index is 12.5. The SMILES string of the molecule is CCC(C)(C)NC(=O)C(OC(=O)c1cccs1)c1ccsc1. The standard InChI is InChI=1S/C16H19NO3S2/c1-4-16(2,3)17-14(18)13(11-7-9-21-10-11)20-15(19)12-6-5-8-22-12/h5-10,13H,4H2,1-3H3,(H,17,18). The zero-order valence-electron chi connectivity index (χ0n) is 12.8. The highest BCUT2D eigenvalue weighted by molar-refractivity contribution is 7.12. The monoisotopic (exact) mass is 337 g/mol. The molecule has 0 bridgehead atoms. The van der Waals surface area contributed by atoms with Crippen LogP contribution in [0.25, 0.3) is 0 Å². The minimum absolute atomic E-state index is 0.296. The molecule has 0 saturated heterocycles. The summed E-state index contributed by atoms with van der Waals surface area (Å²) in [6.07, 6.45) is -0.139. The lowest BCUT2D eigenvalue weighted by molar-refractivity contribution is -0.132. The van der Waals surface area contributed by atoms with E-state index in [0.29, 0.717) is 10.4 Å². The van der Waals surface area contributed by atoms with Gasteiger partial charge < -0.3 is 10.1 Å². The summed E-state index contributed by atoms with van der Waals surface area (Å²) in [5.74, 6) is -0.772. The molecular formula is C16H19NO3S2. The minimum Gasteiger partial charge on any atom is -0.443 e. The molecule has 0 aliphatic carbocycles. The summed E-state index contributed by atoms with van der Waals surface area (Å²) in [7, 11) is 0. The Morgan fingerprint density at radius 3 is 2.64 bits per heavy atom. The Hall–Kier alpha value is -1.66. The predicted octanol–water partition coefficient (Wildman–Crippen LogP) is 4.01. The second-order valence-electron chi connectivity index (χ2n) is 5.55. The Labute approximate surface area is 138 Å². The highest BCUT2D eigenvalue weighted by Crippen LogP contribution is 2.24. The van der Waals surface area contributed by atoms with Crippen molar-refractivity contribution in [1.29, 1.82) is 0 Å². The Bertz CT molecular complexity index is 618. The van der Waals surface area contributed by atoms with E-state index >= 15 is 0 Å². The van der Waals surface area contributed by atoms with Crippen molar-refractivity contribution in [1.82, 2.24) is 5.32 Å². The first kappa shape index (κ1) is 16.7. The first-order chi connectivity index (χ1) is 10.4. The maximum Gasteiger partial charge on any atom is 0.349 e. The van der Waals surface area contributed by atoms with Gasteiger partial charge in [0.25, 0.3) is 5.91 Å². The summed E-state index contributed by atoms with van der Waals surface area (Å²) in [5.41, 5.74) is 0.347. The summed E-state index contributed by atoms with van der Waals surface area (Å²) >= 11 is 2.76. The highest BCUT2D eigenvalue weighted by Gasteiger charge is 2.30. The molecule has 6 heteroatoms. The van der Waals surface area contributed by atoms with Gasteiger partial charge in [0.2, 0.25) is 6.10 Å². The Kier molecular flexibility index (Phi) is 5.37. The summed E-state index contributed by atoms with van der Waals surface area (Å²) in [6, 6.07) is 5.27. The number of hydrogen-bond donors (Lipinski definition) is 1.